The Balaban J connectivity index is 2.29. The normalized spacial score (nSPS) is 23.9. The maximum atomic E-state index is 12.9. The van der Waals surface area contributed by atoms with Crippen LogP contribution in [0.25, 0.3) is 0 Å². The summed E-state index contributed by atoms with van der Waals surface area (Å²) in [5.74, 6) is -3.12. The van der Waals surface area contributed by atoms with Crippen LogP contribution in [0.5, 0.6) is 0 Å². The Bertz CT molecular complexity index is 384. The summed E-state index contributed by atoms with van der Waals surface area (Å²) in [4.78, 5) is 11.1. The van der Waals surface area contributed by atoms with Crippen molar-refractivity contribution in [2.45, 2.75) is 33.1 Å². The van der Waals surface area contributed by atoms with Crippen molar-refractivity contribution in [3.05, 3.63) is 23.9 Å². The van der Waals surface area contributed by atoms with Crippen molar-refractivity contribution in [2.24, 2.45) is 0 Å². The van der Waals surface area contributed by atoms with Crippen molar-refractivity contribution in [3.63, 3.8) is 0 Å². The van der Waals surface area contributed by atoms with Crippen LogP contribution < -0.4 is 3.71 Å². The average Bonchev–Trinajstić information content (AvgIpc) is 2.74. The van der Waals surface area contributed by atoms with E-state index in [4.69, 9.17) is 0 Å². The van der Waals surface area contributed by atoms with Crippen molar-refractivity contribution in [1.29, 1.82) is 0 Å². The third kappa shape index (κ3) is 2.32. The second kappa shape index (κ2) is 3.40. The molecule has 1 atom stereocenters. The zero-order valence-corrected chi connectivity index (χ0v) is 12.1. The standard InChI is InChI=1S/C8H6F2N.3CH3.Sn/c9-8(10)5-6(8)7-3-1-2-4-11-7;;;;/h1-3,6H,5H2;3*1H3;. The number of hydrogen-bond acceptors (Lipinski definition) is 1. The molecule has 1 aromatic heterocycles. The minimum absolute atomic E-state index is 0.0247. The molecule has 1 saturated carbocycles. The zero-order valence-electron chi connectivity index (χ0n) is 9.22. The molecule has 0 bridgehead atoms. The summed E-state index contributed by atoms with van der Waals surface area (Å²) in [7, 11) is 0. The molecule has 2 rings (SSSR count). The number of rotatable bonds is 2. The number of nitrogens with zero attached hydrogens (tertiary/aromatic N) is 1. The van der Waals surface area contributed by atoms with Crippen LogP contribution in [0.1, 0.15) is 18.0 Å². The van der Waals surface area contributed by atoms with E-state index in [0.29, 0.717) is 5.69 Å². The molecule has 0 aliphatic heterocycles. The molecule has 0 saturated heterocycles. The van der Waals surface area contributed by atoms with Crippen LogP contribution in [0.15, 0.2) is 18.2 Å². The molecule has 15 heavy (non-hydrogen) atoms. The Hall–Kier alpha value is -0.191. The van der Waals surface area contributed by atoms with Gasteiger partial charge >= 0.3 is 92.8 Å². The molecule has 1 heterocycles. The van der Waals surface area contributed by atoms with Crippen LogP contribution in [-0.2, 0) is 0 Å². The Kier molecular flexibility index (Phi) is 2.56. The van der Waals surface area contributed by atoms with Crippen molar-refractivity contribution >= 4 is 22.1 Å². The molecule has 0 amide bonds. The Morgan fingerprint density at radius 3 is 2.40 bits per heavy atom. The Labute approximate surface area is 92.8 Å². The van der Waals surface area contributed by atoms with Gasteiger partial charge in [0.05, 0.1) is 0 Å². The molecule has 4 heteroatoms. The van der Waals surface area contributed by atoms with E-state index in [1.165, 1.54) is 0 Å². The number of aromatic nitrogens is 1. The maximum absolute atomic E-state index is 12.9. The fraction of sp³-hybridized carbons (Fsp3) is 0.545. The molecule has 1 unspecified atom stereocenters. The Morgan fingerprint density at radius 1 is 1.33 bits per heavy atom. The van der Waals surface area contributed by atoms with E-state index in [-0.39, 0.29) is 6.42 Å². The summed E-state index contributed by atoms with van der Waals surface area (Å²) in [5.41, 5.74) is 0.587. The van der Waals surface area contributed by atoms with Gasteiger partial charge in [-0.05, 0) is 0 Å². The van der Waals surface area contributed by atoms with Crippen LogP contribution in [0.4, 0.5) is 8.78 Å². The second-order valence-corrected chi connectivity index (χ2v) is 19.5. The number of hydrogen-bond donors (Lipinski definition) is 0. The Morgan fingerprint density at radius 2 is 1.93 bits per heavy atom. The molecule has 1 aromatic rings. The van der Waals surface area contributed by atoms with Gasteiger partial charge in [0.25, 0.3) is 0 Å². The van der Waals surface area contributed by atoms with Gasteiger partial charge in [0.1, 0.15) is 0 Å². The molecule has 1 fully saturated rings. The van der Waals surface area contributed by atoms with Crippen LogP contribution in [-0.4, -0.2) is 29.3 Å². The van der Waals surface area contributed by atoms with Crippen LogP contribution in [0.3, 0.4) is 0 Å². The minimum atomic E-state index is -2.50. The van der Waals surface area contributed by atoms with E-state index < -0.39 is 30.2 Å². The van der Waals surface area contributed by atoms with E-state index >= 15 is 0 Å². The molecule has 1 aliphatic rings. The molecule has 82 valence electrons. The molecule has 0 radical (unpaired) electrons. The van der Waals surface area contributed by atoms with Gasteiger partial charge in [-0.1, -0.05) is 0 Å². The first-order valence-corrected chi connectivity index (χ1v) is 15.1. The zero-order chi connectivity index (χ0) is 11.3. The van der Waals surface area contributed by atoms with Crippen molar-refractivity contribution in [1.82, 2.24) is 4.98 Å². The van der Waals surface area contributed by atoms with Crippen molar-refractivity contribution in [3.8, 4) is 0 Å². The molecular formula is C11H15F2NSn. The van der Waals surface area contributed by atoms with Gasteiger partial charge < -0.3 is 0 Å². The number of pyridine rings is 1. The third-order valence-electron chi connectivity index (χ3n) is 2.72. The molecule has 1 nitrogen and oxygen atoms in total. The van der Waals surface area contributed by atoms with E-state index in [1.807, 2.05) is 12.1 Å². The third-order valence-corrected chi connectivity index (χ3v) is 7.90. The van der Waals surface area contributed by atoms with Crippen LogP contribution in [0.2, 0.25) is 14.8 Å². The quantitative estimate of drug-likeness (QED) is 0.764. The van der Waals surface area contributed by atoms with E-state index in [0.717, 1.165) is 3.71 Å². The topological polar surface area (TPSA) is 12.9 Å². The van der Waals surface area contributed by atoms with E-state index in [9.17, 15) is 8.78 Å². The van der Waals surface area contributed by atoms with E-state index in [1.54, 1.807) is 6.07 Å². The second-order valence-electron chi connectivity index (χ2n) is 5.22. The first-order valence-electron chi connectivity index (χ1n) is 5.16. The van der Waals surface area contributed by atoms with Crippen molar-refractivity contribution < 1.29 is 8.78 Å². The molecule has 0 N–H and O–H groups in total. The molecule has 0 spiro atoms. The summed E-state index contributed by atoms with van der Waals surface area (Å²) in [6, 6.07) is 5.58. The van der Waals surface area contributed by atoms with Gasteiger partial charge in [-0.3, -0.25) is 0 Å². The van der Waals surface area contributed by atoms with Gasteiger partial charge in [-0.15, -0.1) is 0 Å². The fourth-order valence-electron chi connectivity index (χ4n) is 1.60. The average molecular weight is 318 g/mol. The predicted molar refractivity (Wildman–Crippen MR) is 59.5 cm³/mol. The van der Waals surface area contributed by atoms with Crippen LogP contribution >= 0.6 is 0 Å². The van der Waals surface area contributed by atoms with Gasteiger partial charge in [0, 0.05) is 0 Å². The predicted octanol–water partition coefficient (Wildman–Crippen LogP) is 2.75. The fourth-order valence-corrected chi connectivity index (χ4v) is 4.62. The van der Waals surface area contributed by atoms with Gasteiger partial charge in [-0.25, -0.2) is 0 Å². The molecule has 0 aromatic carbocycles. The molecule has 1 aliphatic carbocycles. The van der Waals surface area contributed by atoms with Crippen LogP contribution in [0, 0.1) is 0 Å². The number of halogens is 2. The first kappa shape index (κ1) is 11.3. The summed E-state index contributed by atoms with van der Waals surface area (Å²) < 4.78 is 26.9. The molecular weight excluding hydrogens is 303 g/mol. The summed E-state index contributed by atoms with van der Waals surface area (Å²) in [5, 5.41) is 0. The van der Waals surface area contributed by atoms with Gasteiger partial charge in [-0.2, -0.15) is 0 Å². The van der Waals surface area contributed by atoms with Crippen molar-refractivity contribution in [2.75, 3.05) is 0 Å². The SMILES string of the molecule is [CH3][Sn]([CH3])([CH3])[c]1cccc(C2CC2(F)F)n1. The van der Waals surface area contributed by atoms with Gasteiger partial charge in [0.2, 0.25) is 0 Å². The monoisotopic (exact) mass is 319 g/mol. The first-order chi connectivity index (χ1) is 6.81. The summed E-state index contributed by atoms with van der Waals surface area (Å²) >= 11 is -2.20. The summed E-state index contributed by atoms with van der Waals surface area (Å²) in [6.07, 6.45) is -0.0247. The summed E-state index contributed by atoms with van der Waals surface area (Å²) in [6.45, 7) is 0. The number of alkyl halides is 2. The van der Waals surface area contributed by atoms with Gasteiger partial charge in [0.15, 0.2) is 0 Å². The van der Waals surface area contributed by atoms with E-state index in [2.05, 4.69) is 19.8 Å².